The highest BCUT2D eigenvalue weighted by atomic mass is 16.2. The Hall–Kier alpha value is -1.10. The SMILES string of the molecule is CC(=O)N1CCCN(C(=O)C2CC3CCC2N3)CC1. The van der Waals surface area contributed by atoms with E-state index in [0.717, 1.165) is 32.4 Å². The summed E-state index contributed by atoms with van der Waals surface area (Å²) in [6.45, 7) is 4.59. The van der Waals surface area contributed by atoms with Gasteiger partial charge >= 0.3 is 0 Å². The minimum Gasteiger partial charge on any atom is -0.341 e. The number of hydrogen-bond donors (Lipinski definition) is 1. The fourth-order valence-corrected chi connectivity index (χ4v) is 3.78. The second kappa shape index (κ2) is 5.12. The fraction of sp³-hybridized carbons (Fsp3) is 0.857. The van der Waals surface area contributed by atoms with E-state index in [9.17, 15) is 9.59 Å². The van der Waals surface area contributed by atoms with Gasteiger partial charge in [0.2, 0.25) is 11.8 Å². The summed E-state index contributed by atoms with van der Waals surface area (Å²) in [6, 6.07) is 0.976. The maximum atomic E-state index is 12.6. The lowest BCUT2D eigenvalue weighted by molar-refractivity contribution is -0.136. The van der Waals surface area contributed by atoms with Crippen LogP contribution in [0.1, 0.15) is 32.6 Å². The molecule has 3 fully saturated rings. The molecule has 3 heterocycles. The quantitative estimate of drug-likeness (QED) is 0.737. The van der Waals surface area contributed by atoms with Crippen molar-refractivity contribution >= 4 is 11.8 Å². The van der Waals surface area contributed by atoms with Crippen molar-refractivity contribution in [3.05, 3.63) is 0 Å². The molecule has 3 atom stereocenters. The summed E-state index contributed by atoms with van der Waals surface area (Å²) < 4.78 is 0. The van der Waals surface area contributed by atoms with Gasteiger partial charge in [-0.05, 0) is 25.7 Å². The number of carbonyl (C=O) groups is 2. The van der Waals surface area contributed by atoms with Crippen molar-refractivity contribution in [1.29, 1.82) is 0 Å². The van der Waals surface area contributed by atoms with Crippen LogP contribution >= 0.6 is 0 Å². The van der Waals surface area contributed by atoms with E-state index in [1.54, 1.807) is 6.92 Å². The van der Waals surface area contributed by atoms with E-state index in [2.05, 4.69) is 5.32 Å². The highest BCUT2D eigenvalue weighted by Crippen LogP contribution is 2.34. The number of rotatable bonds is 1. The minimum atomic E-state index is 0.121. The van der Waals surface area contributed by atoms with Gasteiger partial charge in [-0.25, -0.2) is 0 Å². The summed E-state index contributed by atoms with van der Waals surface area (Å²) in [5.74, 6) is 0.614. The van der Waals surface area contributed by atoms with E-state index < -0.39 is 0 Å². The molecule has 3 aliphatic heterocycles. The maximum Gasteiger partial charge on any atom is 0.227 e. The van der Waals surface area contributed by atoms with E-state index >= 15 is 0 Å². The van der Waals surface area contributed by atoms with Gasteiger partial charge < -0.3 is 15.1 Å². The fourth-order valence-electron chi connectivity index (χ4n) is 3.78. The number of nitrogens with one attached hydrogen (secondary N) is 1. The van der Waals surface area contributed by atoms with Crippen LogP contribution in [0.3, 0.4) is 0 Å². The molecular weight excluding hydrogens is 242 g/mol. The van der Waals surface area contributed by atoms with Crippen molar-refractivity contribution in [1.82, 2.24) is 15.1 Å². The molecule has 0 radical (unpaired) electrons. The predicted octanol–water partition coefficient (Wildman–Crippen LogP) is 0.208. The summed E-state index contributed by atoms with van der Waals surface area (Å²) in [6.07, 6.45) is 4.29. The molecule has 19 heavy (non-hydrogen) atoms. The van der Waals surface area contributed by atoms with Crippen molar-refractivity contribution in [2.45, 2.75) is 44.7 Å². The van der Waals surface area contributed by atoms with Gasteiger partial charge in [0.1, 0.15) is 0 Å². The number of fused-ring (bicyclic) bond motifs is 2. The lowest BCUT2D eigenvalue weighted by atomic mass is 9.88. The van der Waals surface area contributed by atoms with Crippen LogP contribution in [0.5, 0.6) is 0 Å². The van der Waals surface area contributed by atoms with Gasteiger partial charge in [0.05, 0.1) is 5.92 Å². The molecule has 0 aromatic carbocycles. The van der Waals surface area contributed by atoms with Gasteiger partial charge in [-0.1, -0.05) is 0 Å². The van der Waals surface area contributed by atoms with Crippen LogP contribution < -0.4 is 5.32 Å². The monoisotopic (exact) mass is 265 g/mol. The first-order valence-corrected chi connectivity index (χ1v) is 7.45. The zero-order chi connectivity index (χ0) is 13.4. The van der Waals surface area contributed by atoms with Gasteiger partial charge in [-0.2, -0.15) is 0 Å². The first kappa shape index (κ1) is 12.9. The molecule has 5 heteroatoms. The summed E-state index contributed by atoms with van der Waals surface area (Å²) in [4.78, 5) is 27.8. The predicted molar refractivity (Wildman–Crippen MR) is 71.5 cm³/mol. The third kappa shape index (κ3) is 2.48. The third-order valence-electron chi connectivity index (χ3n) is 4.87. The number of amides is 2. The van der Waals surface area contributed by atoms with Gasteiger partial charge in [-0.3, -0.25) is 9.59 Å². The summed E-state index contributed by atoms with van der Waals surface area (Å²) >= 11 is 0. The Bertz CT molecular complexity index is 385. The highest BCUT2D eigenvalue weighted by Gasteiger charge is 2.44. The van der Waals surface area contributed by atoms with Crippen LogP contribution in [0.25, 0.3) is 0 Å². The number of hydrogen-bond acceptors (Lipinski definition) is 3. The van der Waals surface area contributed by atoms with E-state index in [4.69, 9.17) is 0 Å². The first-order valence-electron chi connectivity index (χ1n) is 7.45. The molecule has 3 rings (SSSR count). The molecule has 0 aliphatic carbocycles. The van der Waals surface area contributed by atoms with Crippen LogP contribution in [0, 0.1) is 5.92 Å². The van der Waals surface area contributed by atoms with E-state index in [-0.39, 0.29) is 11.8 Å². The van der Waals surface area contributed by atoms with Gasteiger partial charge in [0.25, 0.3) is 0 Å². The summed E-state index contributed by atoms with van der Waals surface area (Å²) in [5, 5.41) is 3.53. The van der Waals surface area contributed by atoms with Crippen LogP contribution in [0.15, 0.2) is 0 Å². The smallest absolute Gasteiger partial charge is 0.227 e. The zero-order valence-electron chi connectivity index (χ0n) is 11.6. The van der Waals surface area contributed by atoms with Crippen molar-refractivity contribution in [2.24, 2.45) is 5.92 Å². The lowest BCUT2D eigenvalue weighted by Gasteiger charge is -2.27. The Morgan fingerprint density at radius 2 is 1.79 bits per heavy atom. The minimum absolute atomic E-state index is 0.121. The molecule has 3 unspecified atom stereocenters. The standard InChI is InChI=1S/C14H23N3O2/c1-10(18)16-5-2-6-17(8-7-16)14(19)12-9-11-3-4-13(12)15-11/h11-13,15H,2-9H2,1H3. The maximum absolute atomic E-state index is 12.6. The van der Waals surface area contributed by atoms with Gasteiger partial charge in [0, 0.05) is 45.2 Å². The summed E-state index contributed by atoms with van der Waals surface area (Å²) in [7, 11) is 0. The first-order chi connectivity index (χ1) is 9.15. The van der Waals surface area contributed by atoms with E-state index in [1.165, 1.54) is 6.42 Å². The summed E-state index contributed by atoms with van der Waals surface area (Å²) in [5.41, 5.74) is 0. The largest absolute Gasteiger partial charge is 0.341 e. The van der Waals surface area contributed by atoms with Crippen LogP contribution in [0.4, 0.5) is 0 Å². The van der Waals surface area contributed by atoms with Crippen LogP contribution in [0.2, 0.25) is 0 Å². The van der Waals surface area contributed by atoms with E-state index in [1.807, 2.05) is 9.80 Å². The Morgan fingerprint density at radius 1 is 1.05 bits per heavy atom. The Balaban J connectivity index is 1.60. The number of nitrogens with zero attached hydrogens (tertiary/aromatic N) is 2. The molecule has 0 spiro atoms. The lowest BCUT2D eigenvalue weighted by Crippen LogP contribution is -2.43. The topological polar surface area (TPSA) is 52.7 Å². The third-order valence-corrected chi connectivity index (χ3v) is 4.87. The van der Waals surface area contributed by atoms with Crippen molar-refractivity contribution < 1.29 is 9.59 Å². The molecule has 0 saturated carbocycles. The van der Waals surface area contributed by atoms with E-state index in [0.29, 0.717) is 31.1 Å². The molecule has 0 aromatic heterocycles. The average Bonchev–Trinajstić information content (AvgIpc) is 2.92. The molecule has 2 amide bonds. The van der Waals surface area contributed by atoms with Crippen molar-refractivity contribution in [2.75, 3.05) is 26.2 Å². The second-order valence-electron chi connectivity index (χ2n) is 6.07. The van der Waals surface area contributed by atoms with Crippen LogP contribution in [-0.2, 0) is 9.59 Å². The van der Waals surface area contributed by atoms with Gasteiger partial charge in [-0.15, -0.1) is 0 Å². The highest BCUT2D eigenvalue weighted by molar-refractivity contribution is 5.80. The molecule has 5 nitrogen and oxygen atoms in total. The molecule has 106 valence electrons. The second-order valence-corrected chi connectivity index (χ2v) is 6.07. The van der Waals surface area contributed by atoms with Crippen LogP contribution in [-0.4, -0.2) is 59.9 Å². The van der Waals surface area contributed by atoms with Crippen molar-refractivity contribution in [3.8, 4) is 0 Å². The molecule has 3 saturated heterocycles. The van der Waals surface area contributed by atoms with Gasteiger partial charge in [0.15, 0.2) is 0 Å². The molecular formula is C14H23N3O2. The average molecular weight is 265 g/mol. The zero-order valence-corrected chi connectivity index (χ0v) is 11.6. The molecule has 3 aliphatic rings. The van der Waals surface area contributed by atoms with Crippen molar-refractivity contribution in [3.63, 3.8) is 0 Å². The molecule has 1 N–H and O–H groups in total. The molecule has 0 aromatic rings. The number of carbonyl (C=O) groups excluding carboxylic acids is 2. The normalized spacial score (nSPS) is 34.5. The Morgan fingerprint density at radius 3 is 2.42 bits per heavy atom. The molecule has 2 bridgehead atoms. The Kier molecular flexibility index (Phi) is 3.48. The Labute approximate surface area is 114 Å².